The van der Waals surface area contributed by atoms with E-state index in [1.54, 1.807) is 24.1 Å². The molecule has 1 N–H and O–H groups in total. The Morgan fingerprint density at radius 2 is 2.29 bits per heavy atom. The van der Waals surface area contributed by atoms with Gasteiger partial charge in [0.15, 0.2) is 0 Å². The molecule has 1 aromatic rings. The number of hydrogen-bond acceptors (Lipinski definition) is 2. The summed E-state index contributed by atoms with van der Waals surface area (Å²) < 4.78 is 0.751. The number of allylic oxidation sites excluding steroid dienone is 1. The highest BCUT2D eigenvalue weighted by molar-refractivity contribution is 9.10. The fraction of sp³-hybridized carbons (Fsp3) is 0.308. The molecule has 0 unspecified atom stereocenters. The van der Waals surface area contributed by atoms with Crippen molar-refractivity contribution in [3.8, 4) is 5.75 Å². The average molecular weight is 298 g/mol. The Balaban J connectivity index is 2.71. The van der Waals surface area contributed by atoms with Gasteiger partial charge in [0.2, 0.25) is 0 Å². The molecule has 1 rings (SSSR count). The van der Waals surface area contributed by atoms with E-state index in [9.17, 15) is 9.90 Å². The van der Waals surface area contributed by atoms with Crippen molar-refractivity contribution in [3.05, 3.63) is 40.9 Å². The van der Waals surface area contributed by atoms with Gasteiger partial charge in [0, 0.05) is 18.1 Å². The number of nitrogens with zero attached hydrogens (tertiary/aromatic N) is 1. The molecule has 1 aromatic carbocycles. The van der Waals surface area contributed by atoms with Crippen LogP contribution >= 0.6 is 15.9 Å². The van der Waals surface area contributed by atoms with Crippen LogP contribution in [0.1, 0.15) is 23.2 Å². The molecular weight excluding hydrogens is 282 g/mol. The molecule has 0 bridgehead atoms. The zero-order valence-electron chi connectivity index (χ0n) is 9.82. The fourth-order valence-electron chi connectivity index (χ4n) is 1.47. The minimum Gasteiger partial charge on any atom is -0.507 e. The van der Waals surface area contributed by atoms with E-state index in [4.69, 9.17) is 0 Å². The number of carbonyl (C=O) groups excluding carboxylic acids is 1. The molecular formula is C13H16BrNO2. The van der Waals surface area contributed by atoms with Gasteiger partial charge in [0.05, 0.1) is 5.56 Å². The number of phenolic OH excluding ortho intramolecular Hbond substituents is 1. The molecule has 0 spiro atoms. The Morgan fingerprint density at radius 1 is 1.59 bits per heavy atom. The summed E-state index contributed by atoms with van der Waals surface area (Å²) in [5.41, 5.74) is 0.328. The molecule has 0 atom stereocenters. The summed E-state index contributed by atoms with van der Waals surface area (Å²) in [5, 5.41) is 9.69. The van der Waals surface area contributed by atoms with Crippen LogP contribution < -0.4 is 0 Å². The van der Waals surface area contributed by atoms with E-state index in [0.717, 1.165) is 17.3 Å². The first-order valence-electron chi connectivity index (χ1n) is 5.41. The first kappa shape index (κ1) is 13.8. The van der Waals surface area contributed by atoms with Gasteiger partial charge in [-0.3, -0.25) is 4.79 Å². The maximum absolute atomic E-state index is 12.0. The third kappa shape index (κ3) is 3.89. The maximum Gasteiger partial charge on any atom is 0.257 e. The van der Waals surface area contributed by atoms with Gasteiger partial charge in [-0.05, 0) is 31.0 Å². The molecule has 0 saturated heterocycles. The summed E-state index contributed by atoms with van der Waals surface area (Å²) in [6.07, 6.45) is 3.59. The van der Waals surface area contributed by atoms with E-state index >= 15 is 0 Å². The number of rotatable bonds is 5. The van der Waals surface area contributed by atoms with Crippen molar-refractivity contribution in [1.82, 2.24) is 4.90 Å². The first-order chi connectivity index (χ1) is 8.06. The van der Waals surface area contributed by atoms with Crippen molar-refractivity contribution >= 4 is 21.8 Å². The molecule has 4 heteroatoms. The second-order valence-corrected chi connectivity index (χ2v) is 4.73. The average Bonchev–Trinajstić information content (AvgIpc) is 2.28. The number of carbonyl (C=O) groups is 1. The molecule has 1 amide bonds. The van der Waals surface area contributed by atoms with E-state index in [-0.39, 0.29) is 11.7 Å². The minimum absolute atomic E-state index is 0.0000503. The van der Waals surface area contributed by atoms with Crippen LogP contribution in [0.4, 0.5) is 0 Å². The summed E-state index contributed by atoms with van der Waals surface area (Å²) in [4.78, 5) is 13.6. The topological polar surface area (TPSA) is 40.5 Å². The number of phenols is 1. The lowest BCUT2D eigenvalue weighted by atomic mass is 10.1. The molecule has 0 aliphatic carbocycles. The minimum atomic E-state index is -0.168. The Kier molecular flexibility index (Phi) is 5.22. The number of aromatic hydroxyl groups is 1. The molecule has 0 radical (unpaired) electrons. The molecule has 0 heterocycles. The van der Waals surface area contributed by atoms with Crippen LogP contribution in [0, 0.1) is 0 Å². The van der Waals surface area contributed by atoms with Gasteiger partial charge < -0.3 is 10.0 Å². The summed E-state index contributed by atoms with van der Waals surface area (Å²) in [5.74, 6) is -0.168. The van der Waals surface area contributed by atoms with Crippen LogP contribution in [-0.2, 0) is 0 Å². The van der Waals surface area contributed by atoms with Gasteiger partial charge in [0.1, 0.15) is 5.75 Å². The van der Waals surface area contributed by atoms with E-state index in [0.29, 0.717) is 12.1 Å². The van der Waals surface area contributed by atoms with Gasteiger partial charge in [-0.1, -0.05) is 22.0 Å². The third-order valence-electron chi connectivity index (χ3n) is 2.44. The van der Waals surface area contributed by atoms with E-state index in [1.165, 1.54) is 6.07 Å². The van der Waals surface area contributed by atoms with Crippen LogP contribution in [0.15, 0.2) is 35.3 Å². The standard InChI is InChI=1S/C13H16BrNO2/c1-3-4-5-8-15(2)13(17)11-7-6-10(14)9-12(11)16/h3,6-7,9,16H,1,4-5,8H2,2H3. The Bertz CT molecular complexity index is 418. The molecule has 0 aliphatic rings. The summed E-state index contributed by atoms with van der Waals surface area (Å²) in [6, 6.07) is 4.88. The first-order valence-corrected chi connectivity index (χ1v) is 6.20. The number of benzene rings is 1. The molecule has 0 saturated carbocycles. The van der Waals surface area contributed by atoms with Crippen molar-refractivity contribution in [2.24, 2.45) is 0 Å². The number of hydrogen-bond donors (Lipinski definition) is 1. The van der Waals surface area contributed by atoms with Crippen LogP contribution in [0.25, 0.3) is 0 Å². The van der Waals surface area contributed by atoms with Crippen molar-refractivity contribution < 1.29 is 9.90 Å². The predicted octanol–water partition coefficient (Wildman–Crippen LogP) is 3.19. The van der Waals surface area contributed by atoms with Gasteiger partial charge in [0.25, 0.3) is 5.91 Å². The highest BCUT2D eigenvalue weighted by Gasteiger charge is 2.15. The fourth-order valence-corrected chi connectivity index (χ4v) is 1.81. The largest absolute Gasteiger partial charge is 0.507 e. The quantitative estimate of drug-likeness (QED) is 0.670. The normalized spacial score (nSPS) is 10.0. The third-order valence-corrected chi connectivity index (χ3v) is 2.93. The van der Waals surface area contributed by atoms with Crippen molar-refractivity contribution in [3.63, 3.8) is 0 Å². The highest BCUT2D eigenvalue weighted by atomic mass is 79.9. The molecule has 17 heavy (non-hydrogen) atoms. The molecule has 3 nitrogen and oxygen atoms in total. The molecule has 0 aromatic heterocycles. The van der Waals surface area contributed by atoms with Crippen LogP contribution in [0.3, 0.4) is 0 Å². The Morgan fingerprint density at radius 3 is 2.88 bits per heavy atom. The van der Waals surface area contributed by atoms with Gasteiger partial charge >= 0.3 is 0 Å². The number of amides is 1. The summed E-state index contributed by atoms with van der Waals surface area (Å²) in [7, 11) is 1.73. The SMILES string of the molecule is C=CCCCN(C)C(=O)c1ccc(Br)cc1O. The lowest BCUT2D eigenvalue weighted by Gasteiger charge is -2.17. The van der Waals surface area contributed by atoms with E-state index in [1.807, 2.05) is 6.08 Å². The lowest BCUT2D eigenvalue weighted by molar-refractivity contribution is 0.0791. The zero-order chi connectivity index (χ0) is 12.8. The van der Waals surface area contributed by atoms with Gasteiger partial charge in [-0.25, -0.2) is 0 Å². The van der Waals surface area contributed by atoms with Gasteiger partial charge in [-0.15, -0.1) is 6.58 Å². The number of halogens is 1. The second kappa shape index (κ2) is 6.45. The van der Waals surface area contributed by atoms with Crippen LogP contribution in [-0.4, -0.2) is 29.5 Å². The Hall–Kier alpha value is -1.29. The van der Waals surface area contributed by atoms with Gasteiger partial charge in [-0.2, -0.15) is 0 Å². The van der Waals surface area contributed by atoms with Crippen molar-refractivity contribution in [1.29, 1.82) is 0 Å². The maximum atomic E-state index is 12.0. The molecule has 92 valence electrons. The van der Waals surface area contributed by atoms with E-state index in [2.05, 4.69) is 22.5 Å². The Labute approximate surface area is 110 Å². The molecule has 0 aliphatic heterocycles. The summed E-state index contributed by atoms with van der Waals surface area (Å²) in [6.45, 7) is 4.29. The number of unbranched alkanes of at least 4 members (excludes halogenated alkanes) is 1. The predicted molar refractivity (Wildman–Crippen MR) is 72.2 cm³/mol. The smallest absolute Gasteiger partial charge is 0.257 e. The van der Waals surface area contributed by atoms with Crippen LogP contribution in [0.5, 0.6) is 5.75 Å². The summed E-state index contributed by atoms with van der Waals surface area (Å²) >= 11 is 3.24. The second-order valence-electron chi connectivity index (χ2n) is 3.82. The zero-order valence-corrected chi connectivity index (χ0v) is 11.4. The van der Waals surface area contributed by atoms with E-state index < -0.39 is 0 Å². The van der Waals surface area contributed by atoms with Crippen molar-refractivity contribution in [2.75, 3.05) is 13.6 Å². The highest BCUT2D eigenvalue weighted by Crippen LogP contribution is 2.23. The van der Waals surface area contributed by atoms with Crippen molar-refractivity contribution in [2.45, 2.75) is 12.8 Å². The lowest BCUT2D eigenvalue weighted by Crippen LogP contribution is -2.27. The molecule has 0 fully saturated rings. The van der Waals surface area contributed by atoms with Crippen LogP contribution in [0.2, 0.25) is 0 Å². The monoisotopic (exact) mass is 297 g/mol.